The molecule has 0 amide bonds. The standard InChI is InChI=1S/C14H18O5/c1-11(15)10-19-14(16)4-3-9-18-13-7-5-12(17-2)6-8-13/h5-8H,3-4,9-10H2,1-2H3. The highest BCUT2D eigenvalue weighted by atomic mass is 16.5. The van der Waals surface area contributed by atoms with Crippen LogP contribution in [0.25, 0.3) is 0 Å². The number of carbonyl (C=O) groups excluding carboxylic acids is 2. The second kappa shape index (κ2) is 8.13. The number of carbonyl (C=O) groups is 2. The van der Waals surface area contributed by atoms with Gasteiger partial charge in [-0.25, -0.2) is 0 Å². The van der Waals surface area contributed by atoms with Crippen molar-refractivity contribution in [2.75, 3.05) is 20.3 Å². The molecule has 104 valence electrons. The van der Waals surface area contributed by atoms with Crippen LogP contribution in [0.5, 0.6) is 11.5 Å². The molecule has 0 aromatic heterocycles. The van der Waals surface area contributed by atoms with Crippen molar-refractivity contribution >= 4 is 11.8 Å². The zero-order valence-electron chi connectivity index (χ0n) is 11.2. The lowest BCUT2D eigenvalue weighted by Crippen LogP contribution is -2.12. The number of benzene rings is 1. The smallest absolute Gasteiger partial charge is 0.306 e. The zero-order chi connectivity index (χ0) is 14.1. The van der Waals surface area contributed by atoms with Gasteiger partial charge < -0.3 is 14.2 Å². The molecule has 0 fully saturated rings. The molecule has 0 spiro atoms. The molecule has 0 aliphatic carbocycles. The van der Waals surface area contributed by atoms with Crippen LogP contribution in [0, 0.1) is 0 Å². The quantitative estimate of drug-likeness (QED) is 0.532. The van der Waals surface area contributed by atoms with Gasteiger partial charge in [0.15, 0.2) is 5.78 Å². The Morgan fingerprint density at radius 1 is 1.11 bits per heavy atom. The first-order chi connectivity index (χ1) is 9.11. The molecule has 0 aliphatic rings. The number of Topliss-reactive ketones (excluding diaryl/α,β-unsaturated/α-hetero) is 1. The van der Waals surface area contributed by atoms with Crippen LogP contribution in [-0.2, 0) is 14.3 Å². The molecule has 0 heterocycles. The fourth-order valence-electron chi connectivity index (χ4n) is 1.33. The van der Waals surface area contributed by atoms with Gasteiger partial charge in [-0.05, 0) is 37.6 Å². The Kier molecular flexibility index (Phi) is 6.43. The van der Waals surface area contributed by atoms with Crippen LogP contribution in [0.1, 0.15) is 19.8 Å². The van der Waals surface area contributed by atoms with E-state index in [4.69, 9.17) is 14.2 Å². The monoisotopic (exact) mass is 266 g/mol. The Morgan fingerprint density at radius 3 is 2.32 bits per heavy atom. The summed E-state index contributed by atoms with van der Waals surface area (Å²) >= 11 is 0. The normalized spacial score (nSPS) is 9.79. The van der Waals surface area contributed by atoms with Crippen LogP contribution in [0.4, 0.5) is 0 Å². The predicted molar refractivity (Wildman–Crippen MR) is 69.4 cm³/mol. The Labute approximate surface area is 112 Å². The van der Waals surface area contributed by atoms with Crippen molar-refractivity contribution in [2.24, 2.45) is 0 Å². The van der Waals surface area contributed by atoms with Gasteiger partial charge in [0.2, 0.25) is 0 Å². The molecule has 5 nitrogen and oxygen atoms in total. The van der Waals surface area contributed by atoms with Crippen molar-refractivity contribution in [2.45, 2.75) is 19.8 Å². The summed E-state index contributed by atoms with van der Waals surface area (Å²) in [5.74, 6) is 0.939. The van der Waals surface area contributed by atoms with Gasteiger partial charge >= 0.3 is 5.97 Å². The Bertz CT molecular complexity index is 410. The summed E-state index contributed by atoms with van der Waals surface area (Å²) in [7, 11) is 1.60. The van der Waals surface area contributed by atoms with Crippen molar-refractivity contribution < 1.29 is 23.8 Å². The van der Waals surface area contributed by atoms with Crippen LogP contribution < -0.4 is 9.47 Å². The molecule has 0 saturated carbocycles. The Hall–Kier alpha value is -2.04. The molecule has 0 bridgehead atoms. The minimum atomic E-state index is -0.381. The number of methoxy groups -OCH3 is 1. The lowest BCUT2D eigenvalue weighted by atomic mass is 10.3. The van der Waals surface area contributed by atoms with E-state index in [0.717, 1.165) is 11.5 Å². The van der Waals surface area contributed by atoms with Crippen LogP contribution in [0.15, 0.2) is 24.3 Å². The lowest BCUT2D eigenvalue weighted by Gasteiger charge is -2.07. The summed E-state index contributed by atoms with van der Waals surface area (Å²) < 4.78 is 15.2. The predicted octanol–water partition coefficient (Wildman–Crippen LogP) is 1.99. The van der Waals surface area contributed by atoms with Gasteiger partial charge in [0.1, 0.15) is 18.1 Å². The topological polar surface area (TPSA) is 61.8 Å². The average Bonchev–Trinajstić information content (AvgIpc) is 2.42. The van der Waals surface area contributed by atoms with Gasteiger partial charge in [0.25, 0.3) is 0 Å². The molecule has 0 saturated heterocycles. The fraction of sp³-hybridized carbons (Fsp3) is 0.429. The van der Waals surface area contributed by atoms with Gasteiger partial charge in [0.05, 0.1) is 13.7 Å². The van der Waals surface area contributed by atoms with E-state index in [-0.39, 0.29) is 24.8 Å². The third-order valence-electron chi connectivity index (χ3n) is 2.29. The molecular formula is C14H18O5. The third-order valence-corrected chi connectivity index (χ3v) is 2.29. The van der Waals surface area contributed by atoms with Crippen LogP contribution >= 0.6 is 0 Å². The number of esters is 1. The Balaban J connectivity index is 2.16. The van der Waals surface area contributed by atoms with E-state index in [1.807, 2.05) is 0 Å². The fourth-order valence-corrected chi connectivity index (χ4v) is 1.33. The molecule has 19 heavy (non-hydrogen) atoms. The number of ketones is 1. The van der Waals surface area contributed by atoms with E-state index in [0.29, 0.717) is 13.0 Å². The summed E-state index contributed by atoms with van der Waals surface area (Å²) in [6.07, 6.45) is 0.784. The SMILES string of the molecule is COc1ccc(OCCCC(=O)OCC(C)=O)cc1. The highest BCUT2D eigenvalue weighted by Gasteiger charge is 2.04. The second-order valence-corrected chi connectivity index (χ2v) is 3.99. The molecule has 1 aromatic rings. The third kappa shape index (κ3) is 6.45. The highest BCUT2D eigenvalue weighted by Crippen LogP contribution is 2.17. The van der Waals surface area contributed by atoms with E-state index >= 15 is 0 Å². The van der Waals surface area contributed by atoms with Crippen molar-refractivity contribution in [3.63, 3.8) is 0 Å². The largest absolute Gasteiger partial charge is 0.497 e. The number of hydrogen-bond donors (Lipinski definition) is 0. The molecule has 1 rings (SSSR count). The van der Waals surface area contributed by atoms with Crippen molar-refractivity contribution in [1.29, 1.82) is 0 Å². The van der Waals surface area contributed by atoms with Crippen molar-refractivity contribution in [1.82, 2.24) is 0 Å². The summed E-state index contributed by atoms with van der Waals surface area (Å²) in [6, 6.07) is 7.20. The maximum absolute atomic E-state index is 11.2. The summed E-state index contributed by atoms with van der Waals surface area (Å²) in [6.45, 7) is 1.64. The highest BCUT2D eigenvalue weighted by molar-refractivity contribution is 5.80. The lowest BCUT2D eigenvalue weighted by molar-refractivity contribution is -0.147. The van der Waals surface area contributed by atoms with Gasteiger partial charge in [0, 0.05) is 6.42 Å². The zero-order valence-corrected chi connectivity index (χ0v) is 11.2. The first kappa shape index (κ1) is 15.0. The first-order valence-corrected chi connectivity index (χ1v) is 6.03. The van der Waals surface area contributed by atoms with Gasteiger partial charge in [-0.1, -0.05) is 0 Å². The van der Waals surface area contributed by atoms with Crippen LogP contribution in [0.3, 0.4) is 0 Å². The van der Waals surface area contributed by atoms with E-state index < -0.39 is 0 Å². The Morgan fingerprint density at radius 2 is 1.74 bits per heavy atom. The maximum atomic E-state index is 11.2. The molecular weight excluding hydrogens is 248 g/mol. The average molecular weight is 266 g/mol. The van der Waals surface area contributed by atoms with Crippen LogP contribution in [-0.4, -0.2) is 32.1 Å². The number of hydrogen-bond acceptors (Lipinski definition) is 5. The number of ether oxygens (including phenoxy) is 3. The van der Waals surface area contributed by atoms with Crippen LogP contribution in [0.2, 0.25) is 0 Å². The van der Waals surface area contributed by atoms with E-state index in [2.05, 4.69) is 0 Å². The molecule has 1 aromatic carbocycles. The molecule has 0 atom stereocenters. The summed E-state index contributed by atoms with van der Waals surface area (Å²) in [5, 5.41) is 0. The van der Waals surface area contributed by atoms with Crippen molar-refractivity contribution in [3.05, 3.63) is 24.3 Å². The number of rotatable bonds is 8. The first-order valence-electron chi connectivity index (χ1n) is 6.03. The van der Waals surface area contributed by atoms with E-state index in [1.165, 1.54) is 6.92 Å². The molecule has 0 radical (unpaired) electrons. The molecule has 0 unspecified atom stereocenters. The molecule has 0 N–H and O–H groups in total. The van der Waals surface area contributed by atoms with E-state index in [9.17, 15) is 9.59 Å². The maximum Gasteiger partial charge on any atom is 0.306 e. The van der Waals surface area contributed by atoms with Gasteiger partial charge in [-0.15, -0.1) is 0 Å². The summed E-state index contributed by atoms with van der Waals surface area (Å²) in [5.41, 5.74) is 0. The second-order valence-electron chi connectivity index (χ2n) is 3.99. The van der Waals surface area contributed by atoms with E-state index in [1.54, 1.807) is 31.4 Å². The van der Waals surface area contributed by atoms with Gasteiger partial charge in [-0.3, -0.25) is 9.59 Å². The molecule has 5 heteroatoms. The van der Waals surface area contributed by atoms with Gasteiger partial charge in [-0.2, -0.15) is 0 Å². The minimum absolute atomic E-state index is 0.155. The minimum Gasteiger partial charge on any atom is -0.497 e. The summed E-state index contributed by atoms with van der Waals surface area (Å²) in [4.78, 5) is 21.8. The van der Waals surface area contributed by atoms with Crippen molar-refractivity contribution in [3.8, 4) is 11.5 Å². The molecule has 0 aliphatic heterocycles.